The molecule has 0 N–H and O–H groups in total. The SMILES string of the molecule is COc1ncc(C)c(=O)n1CCC=O. The van der Waals surface area contributed by atoms with Crippen molar-refractivity contribution in [3.63, 3.8) is 0 Å². The second-order valence-electron chi connectivity index (χ2n) is 2.84. The number of aromatic nitrogens is 2. The number of hydrogen-bond donors (Lipinski definition) is 0. The molecule has 0 fully saturated rings. The van der Waals surface area contributed by atoms with Crippen LogP contribution in [0.15, 0.2) is 11.0 Å². The van der Waals surface area contributed by atoms with Crippen LogP contribution in [0, 0.1) is 6.92 Å². The second kappa shape index (κ2) is 4.55. The smallest absolute Gasteiger partial charge is 0.298 e. The van der Waals surface area contributed by atoms with Crippen LogP contribution in [-0.2, 0) is 11.3 Å². The van der Waals surface area contributed by atoms with Crippen LogP contribution in [0.3, 0.4) is 0 Å². The first kappa shape index (κ1) is 10.4. The van der Waals surface area contributed by atoms with E-state index in [-0.39, 0.29) is 18.0 Å². The predicted molar refractivity (Wildman–Crippen MR) is 50.5 cm³/mol. The third-order valence-electron chi connectivity index (χ3n) is 1.84. The molecule has 5 nitrogen and oxygen atoms in total. The molecule has 1 heterocycles. The van der Waals surface area contributed by atoms with Crippen LogP contribution < -0.4 is 10.3 Å². The monoisotopic (exact) mass is 196 g/mol. The Kier molecular flexibility index (Phi) is 3.39. The number of methoxy groups -OCH3 is 1. The summed E-state index contributed by atoms with van der Waals surface area (Å²) in [5.74, 6) is 0. The van der Waals surface area contributed by atoms with Gasteiger partial charge in [0.05, 0.1) is 7.11 Å². The highest BCUT2D eigenvalue weighted by atomic mass is 16.5. The quantitative estimate of drug-likeness (QED) is 0.643. The number of hydrogen-bond acceptors (Lipinski definition) is 4. The van der Waals surface area contributed by atoms with E-state index in [1.54, 1.807) is 6.92 Å². The first-order valence-electron chi connectivity index (χ1n) is 4.24. The first-order chi connectivity index (χ1) is 6.70. The zero-order valence-corrected chi connectivity index (χ0v) is 8.19. The van der Waals surface area contributed by atoms with E-state index in [1.165, 1.54) is 17.9 Å². The fraction of sp³-hybridized carbons (Fsp3) is 0.444. The van der Waals surface area contributed by atoms with Crippen molar-refractivity contribution in [1.29, 1.82) is 0 Å². The molecule has 5 heteroatoms. The van der Waals surface area contributed by atoms with Crippen LogP contribution in [0.4, 0.5) is 0 Å². The van der Waals surface area contributed by atoms with Crippen molar-refractivity contribution in [3.8, 4) is 6.01 Å². The van der Waals surface area contributed by atoms with Gasteiger partial charge in [0.15, 0.2) is 0 Å². The fourth-order valence-corrected chi connectivity index (χ4v) is 1.12. The molecule has 0 saturated carbocycles. The summed E-state index contributed by atoms with van der Waals surface area (Å²) in [4.78, 5) is 25.7. The number of ether oxygens (including phenoxy) is 1. The zero-order chi connectivity index (χ0) is 10.6. The van der Waals surface area contributed by atoms with E-state index >= 15 is 0 Å². The van der Waals surface area contributed by atoms with Gasteiger partial charge in [-0.15, -0.1) is 0 Å². The van der Waals surface area contributed by atoms with E-state index in [9.17, 15) is 9.59 Å². The molecule has 0 amide bonds. The molecule has 0 spiro atoms. The number of aldehydes is 1. The van der Waals surface area contributed by atoms with E-state index in [1.807, 2.05) is 0 Å². The largest absolute Gasteiger partial charge is 0.468 e. The predicted octanol–water partition coefficient (Wildman–Crippen LogP) is 0.149. The van der Waals surface area contributed by atoms with Crippen LogP contribution in [-0.4, -0.2) is 22.9 Å². The summed E-state index contributed by atoms with van der Waals surface area (Å²) in [7, 11) is 1.44. The lowest BCUT2D eigenvalue weighted by Gasteiger charge is -2.08. The maximum Gasteiger partial charge on any atom is 0.298 e. The van der Waals surface area contributed by atoms with Crippen LogP contribution in [0.5, 0.6) is 6.01 Å². The summed E-state index contributed by atoms with van der Waals surface area (Å²) in [5, 5.41) is 0. The highest BCUT2D eigenvalue weighted by molar-refractivity contribution is 5.49. The minimum absolute atomic E-state index is 0.168. The van der Waals surface area contributed by atoms with Gasteiger partial charge in [-0.25, -0.2) is 4.98 Å². The van der Waals surface area contributed by atoms with Crippen LogP contribution in [0.25, 0.3) is 0 Å². The molecule has 0 unspecified atom stereocenters. The second-order valence-corrected chi connectivity index (χ2v) is 2.84. The van der Waals surface area contributed by atoms with Crippen molar-refractivity contribution >= 4 is 6.29 Å². The maximum absolute atomic E-state index is 11.6. The summed E-state index contributed by atoms with van der Waals surface area (Å²) < 4.78 is 6.27. The standard InChI is InChI=1S/C9H12N2O3/c1-7-6-10-9(14-2)11(8(7)13)4-3-5-12/h5-6H,3-4H2,1-2H3. The van der Waals surface area contributed by atoms with Gasteiger partial charge in [-0.1, -0.05) is 0 Å². The van der Waals surface area contributed by atoms with E-state index in [4.69, 9.17) is 4.74 Å². The molecular formula is C9H12N2O3. The number of rotatable bonds is 4. The zero-order valence-electron chi connectivity index (χ0n) is 8.19. The van der Waals surface area contributed by atoms with Crippen LogP contribution >= 0.6 is 0 Å². The Labute approximate surface area is 81.3 Å². The van der Waals surface area contributed by atoms with Gasteiger partial charge in [-0.2, -0.15) is 0 Å². The molecule has 0 aromatic carbocycles. The molecular weight excluding hydrogens is 184 g/mol. The topological polar surface area (TPSA) is 61.2 Å². The lowest BCUT2D eigenvalue weighted by molar-refractivity contribution is -0.108. The maximum atomic E-state index is 11.6. The molecule has 0 bridgehead atoms. The minimum Gasteiger partial charge on any atom is -0.468 e. The van der Waals surface area contributed by atoms with Crippen molar-refractivity contribution in [1.82, 2.24) is 9.55 Å². The minimum atomic E-state index is -0.168. The van der Waals surface area contributed by atoms with E-state index in [0.717, 1.165) is 6.29 Å². The normalized spacial score (nSPS) is 9.86. The number of carbonyl (C=O) groups excluding carboxylic acids is 1. The summed E-state index contributed by atoms with van der Waals surface area (Å²) in [6.45, 7) is 1.98. The third kappa shape index (κ3) is 1.99. The Morgan fingerprint density at radius 1 is 1.64 bits per heavy atom. The average Bonchev–Trinajstić information content (AvgIpc) is 2.20. The summed E-state index contributed by atoms with van der Waals surface area (Å²) in [5.41, 5.74) is 0.371. The van der Waals surface area contributed by atoms with Crippen molar-refractivity contribution in [2.24, 2.45) is 0 Å². The van der Waals surface area contributed by atoms with Gasteiger partial charge < -0.3 is 9.53 Å². The molecule has 0 aliphatic heterocycles. The van der Waals surface area contributed by atoms with E-state index in [0.29, 0.717) is 12.1 Å². The van der Waals surface area contributed by atoms with Gasteiger partial charge in [-0.05, 0) is 6.92 Å². The molecule has 1 rings (SSSR count). The molecule has 0 aliphatic rings. The van der Waals surface area contributed by atoms with Crippen LogP contribution in [0.2, 0.25) is 0 Å². The third-order valence-corrected chi connectivity index (χ3v) is 1.84. The lowest BCUT2D eigenvalue weighted by atomic mass is 10.3. The average molecular weight is 196 g/mol. The Hall–Kier alpha value is -1.65. The lowest BCUT2D eigenvalue weighted by Crippen LogP contribution is -2.24. The van der Waals surface area contributed by atoms with Gasteiger partial charge in [0, 0.05) is 24.7 Å². The van der Waals surface area contributed by atoms with E-state index in [2.05, 4.69) is 4.98 Å². The Morgan fingerprint density at radius 2 is 2.36 bits per heavy atom. The Balaban J connectivity index is 3.14. The first-order valence-corrected chi connectivity index (χ1v) is 4.24. The summed E-state index contributed by atoms with van der Waals surface area (Å²) in [6, 6.07) is 0.238. The molecule has 1 aromatic rings. The molecule has 14 heavy (non-hydrogen) atoms. The molecule has 0 radical (unpaired) electrons. The van der Waals surface area contributed by atoms with Gasteiger partial charge >= 0.3 is 0 Å². The molecule has 0 saturated heterocycles. The highest BCUT2D eigenvalue weighted by Gasteiger charge is 2.06. The molecule has 76 valence electrons. The number of carbonyl (C=O) groups is 1. The number of aryl methyl sites for hydroxylation is 1. The van der Waals surface area contributed by atoms with Crippen molar-refractivity contribution < 1.29 is 9.53 Å². The summed E-state index contributed by atoms with van der Waals surface area (Å²) >= 11 is 0. The van der Waals surface area contributed by atoms with Crippen molar-refractivity contribution in [2.45, 2.75) is 19.9 Å². The Bertz CT molecular complexity index is 384. The van der Waals surface area contributed by atoms with Crippen molar-refractivity contribution in [2.75, 3.05) is 7.11 Å². The number of nitrogens with zero attached hydrogens (tertiary/aromatic N) is 2. The van der Waals surface area contributed by atoms with Gasteiger partial charge in [0.1, 0.15) is 6.29 Å². The Morgan fingerprint density at radius 3 is 2.93 bits per heavy atom. The van der Waals surface area contributed by atoms with Gasteiger partial charge in [0.2, 0.25) is 0 Å². The highest BCUT2D eigenvalue weighted by Crippen LogP contribution is 2.03. The fourth-order valence-electron chi connectivity index (χ4n) is 1.12. The van der Waals surface area contributed by atoms with Gasteiger partial charge in [0.25, 0.3) is 11.6 Å². The van der Waals surface area contributed by atoms with Gasteiger partial charge in [-0.3, -0.25) is 9.36 Å². The van der Waals surface area contributed by atoms with E-state index < -0.39 is 0 Å². The van der Waals surface area contributed by atoms with Crippen molar-refractivity contribution in [3.05, 3.63) is 22.1 Å². The molecule has 0 atom stereocenters. The molecule has 0 aliphatic carbocycles. The molecule has 1 aromatic heterocycles. The van der Waals surface area contributed by atoms with Crippen LogP contribution in [0.1, 0.15) is 12.0 Å². The summed E-state index contributed by atoms with van der Waals surface area (Å²) in [6.07, 6.45) is 2.49.